The number of hydrogen-bond donors (Lipinski definition) is 0. The summed E-state index contributed by atoms with van der Waals surface area (Å²) in [5.41, 5.74) is 3.03. The lowest BCUT2D eigenvalue weighted by Gasteiger charge is -2.22. The molecule has 0 saturated heterocycles. The van der Waals surface area contributed by atoms with Crippen LogP contribution in [0.3, 0.4) is 0 Å². The molecule has 0 saturated carbocycles. The van der Waals surface area contributed by atoms with Gasteiger partial charge in [0.15, 0.2) is 0 Å². The van der Waals surface area contributed by atoms with E-state index in [1.165, 1.54) is 11.1 Å². The summed E-state index contributed by atoms with van der Waals surface area (Å²) in [4.78, 5) is 0. The molecule has 0 spiro atoms. The van der Waals surface area contributed by atoms with Crippen LogP contribution in [0.1, 0.15) is 31.9 Å². The predicted octanol–water partition coefficient (Wildman–Crippen LogP) is 3.36. The molecule has 12 heavy (non-hydrogen) atoms. The van der Waals surface area contributed by atoms with E-state index in [1.807, 2.05) is 0 Å². The maximum atomic E-state index is 3.93. The summed E-state index contributed by atoms with van der Waals surface area (Å²) in [5, 5.41) is 0. The molecule has 0 amide bonds. The molecule has 1 aromatic carbocycles. The van der Waals surface area contributed by atoms with Crippen LogP contribution in [-0.4, -0.2) is 0 Å². The molecule has 1 radical (unpaired) electrons. The fraction of sp³-hybridized carbons (Fsp3) is 0.417. The Labute approximate surface area is 75.6 Å². The smallest absolute Gasteiger partial charge is 0.0129 e. The first-order valence-electron chi connectivity index (χ1n) is 4.43. The molecule has 0 aliphatic carbocycles. The van der Waals surface area contributed by atoms with Gasteiger partial charge in [0.05, 0.1) is 0 Å². The van der Waals surface area contributed by atoms with Gasteiger partial charge in [0.25, 0.3) is 0 Å². The van der Waals surface area contributed by atoms with Crippen molar-refractivity contribution in [3.63, 3.8) is 0 Å². The Morgan fingerprint density at radius 2 is 1.75 bits per heavy atom. The lowest BCUT2D eigenvalue weighted by molar-refractivity contribution is 0.584. The van der Waals surface area contributed by atoms with Crippen LogP contribution in [-0.2, 0) is 11.8 Å². The topological polar surface area (TPSA) is 0 Å². The Bertz CT molecular complexity index is 253. The average Bonchev–Trinajstić information content (AvgIpc) is 2.03. The van der Waals surface area contributed by atoms with Gasteiger partial charge in [-0.25, -0.2) is 0 Å². The van der Waals surface area contributed by atoms with Gasteiger partial charge in [0, 0.05) is 0 Å². The average molecular weight is 161 g/mol. The number of rotatable bonds is 1. The van der Waals surface area contributed by atoms with Gasteiger partial charge < -0.3 is 0 Å². The molecule has 65 valence electrons. The van der Waals surface area contributed by atoms with Crippen LogP contribution in [0.25, 0.3) is 0 Å². The summed E-state index contributed by atoms with van der Waals surface area (Å²) in [6.07, 6.45) is 0.882. The van der Waals surface area contributed by atoms with Crippen molar-refractivity contribution in [2.45, 2.75) is 32.6 Å². The zero-order valence-electron chi connectivity index (χ0n) is 8.22. The summed E-state index contributed by atoms with van der Waals surface area (Å²) in [7, 11) is 0. The molecular formula is C12H17. The summed E-state index contributed by atoms with van der Waals surface area (Å²) >= 11 is 0. The van der Waals surface area contributed by atoms with Gasteiger partial charge in [-0.15, -0.1) is 0 Å². The second-order valence-electron chi connectivity index (χ2n) is 4.16. The van der Waals surface area contributed by atoms with Gasteiger partial charge in [-0.05, 0) is 29.9 Å². The summed E-state index contributed by atoms with van der Waals surface area (Å²) in [5.74, 6) is 0. The molecule has 0 fully saturated rings. The zero-order valence-corrected chi connectivity index (χ0v) is 8.22. The normalized spacial score (nSPS) is 11.7. The van der Waals surface area contributed by atoms with Crippen LogP contribution < -0.4 is 0 Å². The monoisotopic (exact) mass is 161 g/mol. The van der Waals surface area contributed by atoms with Crippen molar-refractivity contribution in [2.24, 2.45) is 0 Å². The molecule has 0 atom stereocenters. The third-order valence-corrected chi connectivity index (χ3v) is 2.09. The fourth-order valence-electron chi connectivity index (χ4n) is 1.47. The van der Waals surface area contributed by atoms with Crippen molar-refractivity contribution in [3.05, 3.63) is 42.3 Å². The van der Waals surface area contributed by atoms with Crippen LogP contribution in [0.5, 0.6) is 0 Å². The Hall–Kier alpha value is -0.780. The van der Waals surface area contributed by atoms with Crippen molar-refractivity contribution < 1.29 is 0 Å². The van der Waals surface area contributed by atoms with Crippen LogP contribution in [0.4, 0.5) is 0 Å². The molecule has 0 heterocycles. The highest BCUT2D eigenvalue weighted by molar-refractivity contribution is 5.33. The van der Waals surface area contributed by atoms with Gasteiger partial charge in [0.2, 0.25) is 0 Å². The van der Waals surface area contributed by atoms with Crippen molar-refractivity contribution in [1.29, 1.82) is 0 Å². The van der Waals surface area contributed by atoms with E-state index in [9.17, 15) is 0 Å². The molecule has 0 nitrogen and oxygen atoms in total. The number of benzene rings is 1. The molecule has 0 N–H and O–H groups in total. The maximum Gasteiger partial charge on any atom is -0.0129 e. The van der Waals surface area contributed by atoms with Crippen LogP contribution in [0.2, 0.25) is 0 Å². The molecular weight excluding hydrogens is 144 g/mol. The van der Waals surface area contributed by atoms with E-state index in [4.69, 9.17) is 0 Å². The Kier molecular flexibility index (Phi) is 2.56. The molecule has 0 bridgehead atoms. The van der Waals surface area contributed by atoms with Crippen molar-refractivity contribution in [1.82, 2.24) is 0 Å². The van der Waals surface area contributed by atoms with Crippen LogP contribution in [0.15, 0.2) is 24.3 Å². The quantitative estimate of drug-likeness (QED) is 0.592. The minimum Gasteiger partial charge on any atom is -0.0620 e. The molecule has 1 aromatic rings. The summed E-state index contributed by atoms with van der Waals surface area (Å²) in [6.45, 7) is 10.6. The first-order chi connectivity index (χ1) is 5.55. The van der Waals surface area contributed by atoms with E-state index < -0.39 is 0 Å². The minimum absolute atomic E-state index is 0.244. The SMILES string of the molecule is [CH2]Cc1ccccc1C(C)(C)C. The highest BCUT2D eigenvalue weighted by Gasteiger charge is 2.15. The number of hydrogen-bond acceptors (Lipinski definition) is 0. The van der Waals surface area contributed by atoms with Crippen molar-refractivity contribution >= 4 is 0 Å². The van der Waals surface area contributed by atoms with Crippen molar-refractivity contribution in [3.8, 4) is 0 Å². The lowest BCUT2D eigenvalue weighted by atomic mass is 9.83. The second-order valence-corrected chi connectivity index (χ2v) is 4.16. The first kappa shape index (κ1) is 9.31. The lowest BCUT2D eigenvalue weighted by Crippen LogP contribution is -2.13. The zero-order chi connectivity index (χ0) is 9.19. The molecule has 0 aliphatic heterocycles. The highest BCUT2D eigenvalue weighted by atomic mass is 14.2. The van der Waals surface area contributed by atoms with Gasteiger partial charge >= 0.3 is 0 Å². The maximum absolute atomic E-state index is 3.93. The molecule has 0 aliphatic rings. The molecule has 1 rings (SSSR count). The van der Waals surface area contributed by atoms with Gasteiger partial charge in [0.1, 0.15) is 0 Å². The largest absolute Gasteiger partial charge is 0.0620 e. The molecule has 0 unspecified atom stereocenters. The molecule has 0 heteroatoms. The second kappa shape index (κ2) is 3.30. The predicted molar refractivity (Wildman–Crippen MR) is 54.2 cm³/mol. The first-order valence-corrected chi connectivity index (χ1v) is 4.43. The van der Waals surface area contributed by atoms with E-state index in [0.29, 0.717) is 0 Å². The van der Waals surface area contributed by atoms with Gasteiger partial charge in [-0.2, -0.15) is 0 Å². The summed E-state index contributed by atoms with van der Waals surface area (Å²) < 4.78 is 0. The van der Waals surface area contributed by atoms with E-state index in [-0.39, 0.29) is 5.41 Å². The third-order valence-electron chi connectivity index (χ3n) is 2.09. The third kappa shape index (κ3) is 1.88. The summed E-state index contributed by atoms with van der Waals surface area (Å²) in [6, 6.07) is 8.53. The van der Waals surface area contributed by atoms with E-state index in [1.54, 1.807) is 0 Å². The van der Waals surface area contributed by atoms with Crippen LogP contribution >= 0.6 is 0 Å². The van der Waals surface area contributed by atoms with E-state index in [2.05, 4.69) is 52.0 Å². The Morgan fingerprint density at radius 1 is 1.17 bits per heavy atom. The minimum atomic E-state index is 0.244. The Balaban J connectivity index is 3.14. The Morgan fingerprint density at radius 3 is 2.17 bits per heavy atom. The molecule has 0 aromatic heterocycles. The van der Waals surface area contributed by atoms with Crippen molar-refractivity contribution in [2.75, 3.05) is 0 Å². The van der Waals surface area contributed by atoms with E-state index >= 15 is 0 Å². The van der Waals surface area contributed by atoms with E-state index in [0.717, 1.165) is 6.42 Å². The van der Waals surface area contributed by atoms with Gasteiger partial charge in [-0.3, -0.25) is 0 Å². The van der Waals surface area contributed by atoms with Crippen LogP contribution in [0, 0.1) is 6.92 Å². The van der Waals surface area contributed by atoms with Gasteiger partial charge in [-0.1, -0.05) is 45.0 Å². The fourth-order valence-corrected chi connectivity index (χ4v) is 1.47. The standard InChI is InChI=1S/C12H17/c1-5-10-8-6-7-9-11(10)12(2,3)4/h6-9H,1,5H2,2-4H3. The highest BCUT2D eigenvalue weighted by Crippen LogP contribution is 2.25.